The zero-order valence-corrected chi connectivity index (χ0v) is 21.6. The summed E-state index contributed by atoms with van der Waals surface area (Å²) in [6, 6.07) is 10.3. The van der Waals surface area contributed by atoms with Gasteiger partial charge < -0.3 is 24.6 Å². The van der Waals surface area contributed by atoms with Gasteiger partial charge in [-0.25, -0.2) is 9.19 Å². The number of nitrogens with one attached hydrogen (secondary N) is 2. The van der Waals surface area contributed by atoms with Crippen LogP contribution in [-0.2, 0) is 20.5 Å². The van der Waals surface area contributed by atoms with Crippen molar-refractivity contribution in [3.05, 3.63) is 47.7 Å². The largest absolute Gasteiger partial charge is 0.508 e. The highest BCUT2D eigenvalue weighted by atomic mass is 32.2. The molecule has 0 spiro atoms. The van der Waals surface area contributed by atoms with Crippen LogP contribution in [0.2, 0.25) is 0 Å². The number of benzene rings is 2. The van der Waals surface area contributed by atoms with Gasteiger partial charge in [0.05, 0.1) is 17.7 Å². The Morgan fingerprint density at radius 1 is 1.23 bits per heavy atom. The molecule has 2 heterocycles. The van der Waals surface area contributed by atoms with Crippen molar-refractivity contribution in [2.24, 2.45) is 5.92 Å². The van der Waals surface area contributed by atoms with E-state index in [1.807, 2.05) is 26.0 Å². The van der Waals surface area contributed by atoms with E-state index in [1.165, 1.54) is 18.4 Å². The summed E-state index contributed by atoms with van der Waals surface area (Å²) in [7, 11) is -0.0793. The molecule has 1 atom stereocenters. The van der Waals surface area contributed by atoms with E-state index in [0.717, 1.165) is 34.5 Å². The number of rotatable bonds is 8. The summed E-state index contributed by atoms with van der Waals surface area (Å²) in [5.74, 6) is 0.938. The second-order valence-electron chi connectivity index (χ2n) is 8.48. The summed E-state index contributed by atoms with van der Waals surface area (Å²) in [6.07, 6.45) is 2.27. The lowest BCUT2D eigenvalue weighted by atomic mass is 9.96. The molecule has 3 aromatic rings. The van der Waals surface area contributed by atoms with Gasteiger partial charge in [-0.2, -0.15) is 0 Å². The van der Waals surface area contributed by atoms with Crippen molar-refractivity contribution in [2.75, 3.05) is 30.4 Å². The number of hydrogen-bond acceptors (Lipinski definition) is 7. The number of ether oxygens (including phenoxy) is 2. The van der Waals surface area contributed by atoms with Crippen LogP contribution in [0, 0.1) is 19.8 Å². The highest BCUT2D eigenvalue weighted by Gasteiger charge is 2.20. The zero-order valence-electron chi connectivity index (χ0n) is 19.9. The number of aryl methyl sites for hydroxylation is 2. The lowest BCUT2D eigenvalue weighted by Crippen LogP contribution is -2.22. The molecule has 10 heteroatoms. The quantitative estimate of drug-likeness (QED) is 0.363. The maximum atomic E-state index is 13.2. The smallest absolute Gasteiger partial charge is 0.226 e. The number of aromatic hydroxyl groups is 1. The zero-order chi connectivity index (χ0) is 24.9. The summed E-state index contributed by atoms with van der Waals surface area (Å²) < 4.78 is 27.0. The number of methoxy groups -OCH3 is 1. The van der Waals surface area contributed by atoms with Crippen molar-refractivity contribution in [3.8, 4) is 21.9 Å². The van der Waals surface area contributed by atoms with Gasteiger partial charge in [-0.05, 0) is 80.1 Å². The van der Waals surface area contributed by atoms with Crippen molar-refractivity contribution < 1.29 is 23.6 Å². The van der Waals surface area contributed by atoms with Gasteiger partial charge in [-0.3, -0.25) is 4.79 Å². The summed E-state index contributed by atoms with van der Waals surface area (Å²) in [5, 5.41) is 13.1. The predicted octanol–water partition coefficient (Wildman–Crippen LogP) is 5.03. The summed E-state index contributed by atoms with van der Waals surface area (Å²) in [5.41, 5.74) is 3.03. The Morgan fingerprint density at radius 3 is 2.71 bits per heavy atom. The fourth-order valence-corrected chi connectivity index (χ4v) is 6.07. The minimum atomic E-state index is -1.61. The third-order valence-corrected chi connectivity index (χ3v) is 8.14. The molecule has 2 aromatic carbocycles. The van der Waals surface area contributed by atoms with E-state index in [0.29, 0.717) is 47.0 Å². The number of anilines is 2. The van der Waals surface area contributed by atoms with E-state index < -0.39 is 11.0 Å². The molecule has 1 aromatic heterocycles. The number of thiazole rings is 1. The standard InChI is InChI=1S/C25H29N3O5S2/c1-15-12-19(29)5-6-20(15)28-35(31)22-14-18(4-7-21(22)32-3)24-16(2)26-25(34-24)27-23(30)13-17-8-10-33-11-9-17/h4-7,12,14,17,28-29H,8-11,13H2,1-3H3,(H,26,27,30). The Labute approximate surface area is 211 Å². The molecule has 1 aliphatic heterocycles. The van der Waals surface area contributed by atoms with E-state index in [-0.39, 0.29) is 11.7 Å². The molecule has 186 valence electrons. The maximum Gasteiger partial charge on any atom is 0.226 e. The lowest BCUT2D eigenvalue weighted by Gasteiger charge is -2.20. The molecule has 0 radical (unpaired) electrons. The number of aromatic nitrogens is 1. The van der Waals surface area contributed by atoms with Crippen molar-refractivity contribution in [1.82, 2.24) is 4.98 Å². The first kappa shape index (κ1) is 25.2. The summed E-state index contributed by atoms with van der Waals surface area (Å²) in [6.45, 7) is 5.13. The fourth-order valence-electron chi connectivity index (χ4n) is 3.98. The van der Waals surface area contributed by atoms with Crippen LogP contribution in [0.5, 0.6) is 11.5 Å². The van der Waals surface area contributed by atoms with Crippen molar-refractivity contribution in [2.45, 2.75) is 38.0 Å². The van der Waals surface area contributed by atoms with Crippen LogP contribution < -0.4 is 14.8 Å². The van der Waals surface area contributed by atoms with Crippen LogP contribution in [0.4, 0.5) is 10.8 Å². The van der Waals surface area contributed by atoms with Crippen LogP contribution in [0.25, 0.3) is 10.4 Å². The molecule has 3 N–H and O–H groups in total. The molecule has 0 bridgehead atoms. The number of amides is 1. The van der Waals surface area contributed by atoms with Gasteiger partial charge in [0.1, 0.15) is 16.4 Å². The van der Waals surface area contributed by atoms with Crippen LogP contribution in [-0.4, -0.2) is 40.5 Å². The normalized spacial score (nSPS) is 14.9. The van der Waals surface area contributed by atoms with E-state index in [1.54, 1.807) is 24.3 Å². The van der Waals surface area contributed by atoms with Crippen LogP contribution in [0.3, 0.4) is 0 Å². The van der Waals surface area contributed by atoms with Crippen LogP contribution in [0.15, 0.2) is 41.3 Å². The average molecular weight is 516 g/mol. The summed E-state index contributed by atoms with van der Waals surface area (Å²) >= 11 is 1.39. The van der Waals surface area contributed by atoms with E-state index >= 15 is 0 Å². The number of phenolic OH excluding ortho intramolecular Hbond substituents is 1. The van der Waals surface area contributed by atoms with Gasteiger partial charge >= 0.3 is 0 Å². The third-order valence-electron chi connectivity index (χ3n) is 5.90. The number of phenols is 1. The lowest BCUT2D eigenvalue weighted by molar-refractivity contribution is -0.117. The molecule has 1 aliphatic rings. The van der Waals surface area contributed by atoms with Gasteiger partial charge in [-0.1, -0.05) is 11.3 Å². The Bertz CT molecular complexity index is 1240. The topological polar surface area (TPSA) is 110 Å². The van der Waals surface area contributed by atoms with Crippen LogP contribution >= 0.6 is 11.3 Å². The monoisotopic (exact) mass is 515 g/mol. The fraction of sp³-hybridized carbons (Fsp3) is 0.360. The van der Waals surface area contributed by atoms with Gasteiger partial charge in [0, 0.05) is 25.3 Å². The van der Waals surface area contributed by atoms with Gasteiger partial charge in [0.2, 0.25) is 5.91 Å². The number of carbonyl (C=O) groups excluding carboxylic acids is 1. The second-order valence-corrected chi connectivity index (χ2v) is 10.7. The van der Waals surface area contributed by atoms with Gasteiger partial charge in [0.15, 0.2) is 16.1 Å². The van der Waals surface area contributed by atoms with E-state index in [9.17, 15) is 14.1 Å². The van der Waals surface area contributed by atoms with Crippen molar-refractivity contribution in [3.63, 3.8) is 0 Å². The first-order chi connectivity index (χ1) is 16.8. The molecule has 0 saturated carbocycles. The first-order valence-corrected chi connectivity index (χ1v) is 13.3. The molecule has 8 nitrogen and oxygen atoms in total. The molecule has 0 aliphatic carbocycles. The van der Waals surface area contributed by atoms with Gasteiger partial charge in [0.25, 0.3) is 0 Å². The highest BCUT2D eigenvalue weighted by Crippen LogP contribution is 2.36. The number of nitrogens with zero attached hydrogens (tertiary/aromatic N) is 1. The van der Waals surface area contributed by atoms with Gasteiger partial charge in [-0.15, -0.1) is 0 Å². The molecule has 1 fully saturated rings. The van der Waals surface area contributed by atoms with Crippen LogP contribution in [0.1, 0.15) is 30.5 Å². The minimum absolute atomic E-state index is 0.0396. The predicted molar refractivity (Wildman–Crippen MR) is 139 cm³/mol. The number of hydrogen-bond donors (Lipinski definition) is 3. The molecule has 35 heavy (non-hydrogen) atoms. The first-order valence-electron chi connectivity index (χ1n) is 11.4. The molecule has 1 amide bonds. The molecular formula is C25H29N3O5S2. The Hall–Kier alpha value is -2.95. The van der Waals surface area contributed by atoms with E-state index in [4.69, 9.17) is 9.47 Å². The third kappa shape index (κ3) is 6.19. The Balaban J connectivity index is 1.53. The molecular weight excluding hydrogens is 486 g/mol. The van der Waals surface area contributed by atoms with Crippen molar-refractivity contribution >= 4 is 39.0 Å². The maximum absolute atomic E-state index is 13.2. The SMILES string of the molecule is COc1ccc(-c2sc(NC(=O)CC3CCOCC3)nc2C)cc1S(=O)Nc1ccc(O)cc1C. The average Bonchev–Trinajstić information content (AvgIpc) is 3.20. The van der Waals surface area contributed by atoms with E-state index in [2.05, 4.69) is 15.0 Å². The molecule has 1 saturated heterocycles. The highest BCUT2D eigenvalue weighted by molar-refractivity contribution is 7.86. The number of carbonyl (C=O) groups is 1. The minimum Gasteiger partial charge on any atom is -0.508 e. The Kier molecular flexibility index (Phi) is 8.04. The second kappa shape index (κ2) is 11.2. The molecule has 1 unspecified atom stereocenters. The van der Waals surface area contributed by atoms with Crippen molar-refractivity contribution in [1.29, 1.82) is 0 Å². The molecule has 4 rings (SSSR count). The summed E-state index contributed by atoms with van der Waals surface area (Å²) in [4.78, 5) is 18.4. The Morgan fingerprint density at radius 2 is 2.00 bits per heavy atom.